The predicted molar refractivity (Wildman–Crippen MR) is 61.2 cm³/mol. The standard InChI is InChI=1S/C13H17NO2/c1-8(14)13(4-5-13)12-10-7-16-6-9(10)2-3-11(12)15/h2-3,8,15H,4-7,14H2,1H3. The molecular formula is C13H17NO2. The summed E-state index contributed by atoms with van der Waals surface area (Å²) in [5, 5.41) is 10.1. The van der Waals surface area contributed by atoms with Crippen molar-refractivity contribution in [1.82, 2.24) is 0 Å². The minimum atomic E-state index is 0.00310. The first kappa shape index (κ1) is 10.1. The van der Waals surface area contributed by atoms with E-state index in [1.807, 2.05) is 13.0 Å². The van der Waals surface area contributed by atoms with Crippen LogP contribution in [0.25, 0.3) is 0 Å². The van der Waals surface area contributed by atoms with Crippen LogP contribution in [-0.4, -0.2) is 11.1 Å². The predicted octanol–water partition coefficient (Wildman–Crippen LogP) is 1.80. The fourth-order valence-corrected chi connectivity index (χ4v) is 2.86. The van der Waals surface area contributed by atoms with E-state index in [0.717, 1.165) is 18.4 Å². The van der Waals surface area contributed by atoms with Gasteiger partial charge in [0.25, 0.3) is 0 Å². The van der Waals surface area contributed by atoms with Gasteiger partial charge in [-0.15, -0.1) is 0 Å². The highest BCUT2D eigenvalue weighted by molar-refractivity contribution is 5.53. The van der Waals surface area contributed by atoms with Gasteiger partial charge in [0.15, 0.2) is 0 Å². The Labute approximate surface area is 95.2 Å². The summed E-state index contributed by atoms with van der Waals surface area (Å²) in [6, 6.07) is 3.83. The molecule has 0 saturated heterocycles. The molecule has 0 spiro atoms. The first-order valence-corrected chi connectivity index (χ1v) is 5.83. The SMILES string of the molecule is CC(N)C1(c2c(O)ccc3c2COC3)CC1. The van der Waals surface area contributed by atoms with Crippen molar-refractivity contribution in [3.63, 3.8) is 0 Å². The molecule has 1 fully saturated rings. The minimum absolute atomic E-state index is 0.00310. The summed E-state index contributed by atoms with van der Waals surface area (Å²) < 4.78 is 5.46. The quantitative estimate of drug-likeness (QED) is 0.797. The summed E-state index contributed by atoms with van der Waals surface area (Å²) in [4.78, 5) is 0. The zero-order chi connectivity index (χ0) is 11.3. The number of rotatable bonds is 2. The number of phenols is 1. The highest BCUT2D eigenvalue weighted by Crippen LogP contribution is 2.55. The van der Waals surface area contributed by atoms with Crippen molar-refractivity contribution in [3.8, 4) is 5.75 Å². The third-order valence-electron chi connectivity index (χ3n) is 4.05. The van der Waals surface area contributed by atoms with Crippen LogP contribution in [0.5, 0.6) is 5.75 Å². The van der Waals surface area contributed by atoms with Crippen LogP contribution in [0.15, 0.2) is 12.1 Å². The molecule has 3 N–H and O–H groups in total. The van der Waals surface area contributed by atoms with Crippen molar-refractivity contribution < 1.29 is 9.84 Å². The summed E-state index contributed by atoms with van der Waals surface area (Å²) in [6.45, 7) is 3.31. The maximum Gasteiger partial charge on any atom is 0.119 e. The van der Waals surface area contributed by atoms with Crippen molar-refractivity contribution in [1.29, 1.82) is 0 Å². The largest absolute Gasteiger partial charge is 0.508 e. The molecule has 3 nitrogen and oxygen atoms in total. The maximum atomic E-state index is 10.1. The molecule has 16 heavy (non-hydrogen) atoms. The Morgan fingerprint density at radius 2 is 2.12 bits per heavy atom. The number of fused-ring (bicyclic) bond motifs is 1. The van der Waals surface area contributed by atoms with Gasteiger partial charge in [0.05, 0.1) is 13.2 Å². The van der Waals surface area contributed by atoms with E-state index >= 15 is 0 Å². The average Bonchev–Trinajstić information content (AvgIpc) is 2.90. The monoisotopic (exact) mass is 219 g/mol. The van der Waals surface area contributed by atoms with E-state index in [2.05, 4.69) is 0 Å². The second-order valence-electron chi connectivity index (χ2n) is 5.03. The molecule has 1 atom stereocenters. The van der Waals surface area contributed by atoms with Gasteiger partial charge in [0.1, 0.15) is 5.75 Å². The number of phenolic OH excluding ortho intramolecular Hbond substituents is 1. The van der Waals surface area contributed by atoms with Crippen molar-refractivity contribution in [3.05, 3.63) is 28.8 Å². The molecule has 0 aromatic heterocycles. The van der Waals surface area contributed by atoms with E-state index in [4.69, 9.17) is 10.5 Å². The second kappa shape index (κ2) is 3.22. The molecule has 86 valence electrons. The smallest absolute Gasteiger partial charge is 0.119 e. The molecular weight excluding hydrogens is 202 g/mol. The molecule has 0 radical (unpaired) electrons. The summed E-state index contributed by atoms with van der Waals surface area (Å²) in [5.41, 5.74) is 9.52. The molecule has 1 aromatic carbocycles. The highest BCUT2D eigenvalue weighted by Gasteiger charge is 2.50. The van der Waals surface area contributed by atoms with E-state index in [-0.39, 0.29) is 11.5 Å². The first-order chi connectivity index (χ1) is 7.65. The second-order valence-corrected chi connectivity index (χ2v) is 5.03. The molecule has 1 aliphatic heterocycles. The van der Waals surface area contributed by atoms with Crippen molar-refractivity contribution >= 4 is 0 Å². The van der Waals surface area contributed by atoms with E-state index in [0.29, 0.717) is 19.0 Å². The third-order valence-corrected chi connectivity index (χ3v) is 4.05. The van der Waals surface area contributed by atoms with Gasteiger partial charge in [-0.25, -0.2) is 0 Å². The molecule has 1 heterocycles. The lowest BCUT2D eigenvalue weighted by Gasteiger charge is -2.23. The Hall–Kier alpha value is -1.06. The van der Waals surface area contributed by atoms with Crippen molar-refractivity contribution in [2.24, 2.45) is 5.73 Å². The first-order valence-electron chi connectivity index (χ1n) is 5.83. The molecule has 1 saturated carbocycles. The van der Waals surface area contributed by atoms with Crippen LogP contribution in [0.4, 0.5) is 0 Å². The van der Waals surface area contributed by atoms with Gasteiger partial charge in [0, 0.05) is 17.0 Å². The minimum Gasteiger partial charge on any atom is -0.508 e. The molecule has 1 aromatic rings. The van der Waals surface area contributed by atoms with Crippen molar-refractivity contribution in [2.45, 2.75) is 44.4 Å². The third kappa shape index (κ3) is 1.22. The summed E-state index contributed by atoms with van der Waals surface area (Å²) >= 11 is 0. The molecule has 1 unspecified atom stereocenters. The Kier molecular flexibility index (Phi) is 2.03. The number of aromatic hydroxyl groups is 1. The van der Waals surface area contributed by atoms with Crippen LogP contribution in [0.1, 0.15) is 36.5 Å². The van der Waals surface area contributed by atoms with Gasteiger partial charge in [-0.3, -0.25) is 0 Å². The lowest BCUT2D eigenvalue weighted by molar-refractivity contribution is 0.134. The molecule has 2 aliphatic rings. The van der Waals surface area contributed by atoms with Gasteiger partial charge in [-0.05, 0) is 37.0 Å². The number of hydrogen-bond acceptors (Lipinski definition) is 3. The van der Waals surface area contributed by atoms with Crippen LogP contribution in [0.3, 0.4) is 0 Å². The summed E-state index contributed by atoms with van der Waals surface area (Å²) in [7, 11) is 0. The van der Waals surface area contributed by atoms with Crippen LogP contribution in [-0.2, 0) is 23.4 Å². The number of hydrogen-bond donors (Lipinski definition) is 2. The van der Waals surface area contributed by atoms with Gasteiger partial charge in [-0.2, -0.15) is 0 Å². The Morgan fingerprint density at radius 1 is 1.38 bits per heavy atom. The molecule has 1 aliphatic carbocycles. The zero-order valence-corrected chi connectivity index (χ0v) is 9.49. The van der Waals surface area contributed by atoms with Gasteiger partial charge in [-0.1, -0.05) is 6.07 Å². The Balaban J connectivity index is 2.17. The van der Waals surface area contributed by atoms with Crippen LogP contribution >= 0.6 is 0 Å². The van der Waals surface area contributed by atoms with Crippen LogP contribution in [0.2, 0.25) is 0 Å². The Morgan fingerprint density at radius 3 is 2.75 bits per heavy atom. The van der Waals surface area contributed by atoms with Crippen LogP contribution in [0, 0.1) is 0 Å². The number of nitrogens with two attached hydrogens (primary N) is 1. The lowest BCUT2D eigenvalue weighted by Crippen LogP contribution is -2.32. The van der Waals surface area contributed by atoms with E-state index in [1.165, 1.54) is 11.1 Å². The zero-order valence-electron chi connectivity index (χ0n) is 9.49. The fourth-order valence-electron chi connectivity index (χ4n) is 2.86. The molecule has 0 bridgehead atoms. The summed E-state index contributed by atoms with van der Waals surface area (Å²) in [6.07, 6.45) is 2.16. The Bertz CT molecular complexity index is 436. The normalized spacial score (nSPS) is 22.9. The average molecular weight is 219 g/mol. The van der Waals surface area contributed by atoms with Crippen molar-refractivity contribution in [2.75, 3.05) is 0 Å². The van der Waals surface area contributed by atoms with E-state index in [9.17, 15) is 5.11 Å². The van der Waals surface area contributed by atoms with Gasteiger partial charge < -0.3 is 15.6 Å². The number of benzene rings is 1. The maximum absolute atomic E-state index is 10.1. The lowest BCUT2D eigenvalue weighted by atomic mass is 9.84. The molecule has 3 rings (SSSR count). The van der Waals surface area contributed by atoms with Crippen LogP contribution < -0.4 is 5.73 Å². The molecule has 3 heteroatoms. The molecule has 0 amide bonds. The van der Waals surface area contributed by atoms with E-state index in [1.54, 1.807) is 6.07 Å². The fraction of sp³-hybridized carbons (Fsp3) is 0.538. The number of ether oxygens (including phenoxy) is 1. The topological polar surface area (TPSA) is 55.5 Å². The van der Waals surface area contributed by atoms with Gasteiger partial charge in [0.2, 0.25) is 0 Å². The van der Waals surface area contributed by atoms with E-state index < -0.39 is 0 Å². The van der Waals surface area contributed by atoms with Gasteiger partial charge >= 0.3 is 0 Å². The highest BCUT2D eigenvalue weighted by atomic mass is 16.5. The summed E-state index contributed by atoms with van der Waals surface area (Å²) in [5.74, 6) is 0.388.